The van der Waals surface area contributed by atoms with E-state index >= 15 is 0 Å². The van der Waals surface area contributed by atoms with Gasteiger partial charge < -0.3 is 10.6 Å². The lowest BCUT2D eigenvalue weighted by Crippen LogP contribution is -2.16. The van der Waals surface area contributed by atoms with Gasteiger partial charge in [0.2, 0.25) is 11.9 Å². The summed E-state index contributed by atoms with van der Waals surface area (Å²) in [6.45, 7) is 4.87. The summed E-state index contributed by atoms with van der Waals surface area (Å²) in [6, 6.07) is 13.9. The Kier molecular flexibility index (Phi) is 6.30. The number of anilines is 3. The van der Waals surface area contributed by atoms with E-state index in [2.05, 4.69) is 25.3 Å². The van der Waals surface area contributed by atoms with Crippen LogP contribution in [0.1, 0.15) is 28.7 Å². The standard InChI is InChI=1S/C21H21N5O4S/c1-13-11-14(2)23-21(22-13)26-31(29,30)19-9-7-17(8-10-19)25-20(28)16-5-4-6-18(12-16)24-15(3)27/h4-12H,1-3H3,(H,24,27)(H,25,28)(H,22,23,26). The summed E-state index contributed by atoms with van der Waals surface area (Å²) in [5.74, 6) is -0.646. The molecule has 10 heteroatoms. The molecule has 0 radical (unpaired) electrons. The normalized spacial score (nSPS) is 10.9. The number of benzene rings is 2. The molecule has 3 aromatic rings. The number of hydrogen-bond acceptors (Lipinski definition) is 6. The highest BCUT2D eigenvalue weighted by molar-refractivity contribution is 7.92. The molecule has 0 aliphatic carbocycles. The molecule has 1 aromatic heterocycles. The van der Waals surface area contributed by atoms with Crippen molar-refractivity contribution in [3.05, 3.63) is 71.5 Å². The Morgan fingerprint density at radius 2 is 1.48 bits per heavy atom. The van der Waals surface area contributed by atoms with E-state index in [1.54, 1.807) is 44.2 Å². The monoisotopic (exact) mass is 439 g/mol. The van der Waals surface area contributed by atoms with Crippen LogP contribution in [0.15, 0.2) is 59.5 Å². The van der Waals surface area contributed by atoms with Gasteiger partial charge >= 0.3 is 0 Å². The molecule has 0 bridgehead atoms. The smallest absolute Gasteiger partial charge is 0.264 e. The van der Waals surface area contributed by atoms with Gasteiger partial charge in [0, 0.05) is 35.2 Å². The lowest BCUT2D eigenvalue weighted by atomic mass is 10.2. The molecular formula is C21H21N5O4S. The average Bonchev–Trinajstić information content (AvgIpc) is 2.67. The first kappa shape index (κ1) is 21.9. The maximum Gasteiger partial charge on any atom is 0.264 e. The first-order valence-electron chi connectivity index (χ1n) is 9.26. The number of carbonyl (C=O) groups excluding carboxylic acids is 2. The third-order valence-corrected chi connectivity index (χ3v) is 5.42. The second-order valence-electron chi connectivity index (χ2n) is 6.82. The maximum atomic E-state index is 12.6. The molecule has 0 saturated carbocycles. The highest BCUT2D eigenvalue weighted by Crippen LogP contribution is 2.18. The SMILES string of the molecule is CC(=O)Nc1cccc(C(=O)Nc2ccc(S(=O)(=O)Nc3nc(C)cc(C)n3)cc2)c1. The first-order chi connectivity index (χ1) is 14.6. The zero-order chi connectivity index (χ0) is 22.6. The second-order valence-corrected chi connectivity index (χ2v) is 8.50. The average molecular weight is 439 g/mol. The van der Waals surface area contributed by atoms with E-state index in [0.717, 1.165) is 0 Å². The lowest BCUT2D eigenvalue weighted by molar-refractivity contribution is -0.114. The molecular weight excluding hydrogens is 418 g/mol. The fourth-order valence-electron chi connectivity index (χ4n) is 2.81. The molecule has 1 heterocycles. The Morgan fingerprint density at radius 1 is 0.839 bits per heavy atom. The van der Waals surface area contributed by atoms with Crippen molar-refractivity contribution in [2.24, 2.45) is 0 Å². The summed E-state index contributed by atoms with van der Waals surface area (Å²) in [4.78, 5) is 31.8. The Hall–Kier alpha value is -3.79. The Balaban J connectivity index is 1.72. The molecule has 3 N–H and O–H groups in total. The van der Waals surface area contributed by atoms with Crippen molar-refractivity contribution in [2.45, 2.75) is 25.7 Å². The lowest BCUT2D eigenvalue weighted by Gasteiger charge is -2.10. The van der Waals surface area contributed by atoms with Gasteiger partial charge in [-0.1, -0.05) is 6.07 Å². The molecule has 2 aromatic carbocycles. The number of nitrogens with zero attached hydrogens (tertiary/aromatic N) is 2. The number of hydrogen-bond donors (Lipinski definition) is 3. The van der Waals surface area contributed by atoms with Crippen molar-refractivity contribution in [3.63, 3.8) is 0 Å². The summed E-state index contributed by atoms with van der Waals surface area (Å²) in [7, 11) is -3.89. The predicted octanol–water partition coefficient (Wildman–Crippen LogP) is 3.10. The molecule has 0 unspecified atom stereocenters. The Labute approximate surface area is 180 Å². The van der Waals surface area contributed by atoms with E-state index in [-0.39, 0.29) is 16.8 Å². The van der Waals surface area contributed by atoms with Crippen LogP contribution in [0.2, 0.25) is 0 Å². The highest BCUT2D eigenvalue weighted by Gasteiger charge is 2.16. The van der Waals surface area contributed by atoms with Crippen molar-refractivity contribution in [2.75, 3.05) is 15.4 Å². The molecule has 0 aliphatic rings. The summed E-state index contributed by atoms with van der Waals surface area (Å²) in [6.07, 6.45) is 0. The number of nitrogens with one attached hydrogen (secondary N) is 3. The molecule has 31 heavy (non-hydrogen) atoms. The van der Waals surface area contributed by atoms with Gasteiger partial charge in [0.05, 0.1) is 4.90 Å². The van der Waals surface area contributed by atoms with Crippen LogP contribution in [-0.2, 0) is 14.8 Å². The molecule has 3 rings (SSSR count). The van der Waals surface area contributed by atoms with Crippen molar-refractivity contribution < 1.29 is 18.0 Å². The minimum Gasteiger partial charge on any atom is -0.326 e. The third kappa shape index (κ3) is 5.86. The minimum atomic E-state index is -3.89. The van der Waals surface area contributed by atoms with Crippen LogP contribution in [-0.4, -0.2) is 30.2 Å². The van der Waals surface area contributed by atoms with Gasteiger partial charge in [-0.3, -0.25) is 9.59 Å². The topological polar surface area (TPSA) is 130 Å². The van der Waals surface area contributed by atoms with Crippen LogP contribution in [0, 0.1) is 13.8 Å². The fraction of sp³-hybridized carbons (Fsp3) is 0.143. The van der Waals surface area contributed by atoms with Gasteiger partial charge in [-0.25, -0.2) is 23.1 Å². The van der Waals surface area contributed by atoms with E-state index in [1.165, 1.54) is 31.2 Å². The Morgan fingerprint density at radius 3 is 2.10 bits per heavy atom. The minimum absolute atomic E-state index is 0.000846. The van der Waals surface area contributed by atoms with E-state index in [0.29, 0.717) is 28.3 Å². The number of rotatable bonds is 6. The van der Waals surface area contributed by atoms with Crippen LogP contribution in [0.25, 0.3) is 0 Å². The quantitative estimate of drug-likeness (QED) is 0.541. The highest BCUT2D eigenvalue weighted by atomic mass is 32.2. The van der Waals surface area contributed by atoms with E-state index in [9.17, 15) is 18.0 Å². The van der Waals surface area contributed by atoms with Crippen LogP contribution in [0.4, 0.5) is 17.3 Å². The van der Waals surface area contributed by atoms with Crippen molar-refractivity contribution in [1.29, 1.82) is 0 Å². The maximum absolute atomic E-state index is 12.6. The van der Waals surface area contributed by atoms with Gasteiger partial charge in [-0.2, -0.15) is 0 Å². The van der Waals surface area contributed by atoms with Gasteiger partial charge in [0.15, 0.2) is 0 Å². The van der Waals surface area contributed by atoms with Crippen LogP contribution >= 0.6 is 0 Å². The van der Waals surface area contributed by atoms with E-state index in [1.807, 2.05) is 0 Å². The zero-order valence-electron chi connectivity index (χ0n) is 17.1. The number of amides is 2. The van der Waals surface area contributed by atoms with Crippen LogP contribution < -0.4 is 15.4 Å². The van der Waals surface area contributed by atoms with E-state index < -0.39 is 15.9 Å². The Bertz CT molecular complexity index is 1220. The predicted molar refractivity (Wildman–Crippen MR) is 117 cm³/mol. The summed E-state index contributed by atoms with van der Waals surface area (Å²) in [5, 5.41) is 5.30. The van der Waals surface area contributed by atoms with Gasteiger partial charge in [0.25, 0.3) is 15.9 Å². The van der Waals surface area contributed by atoms with Gasteiger partial charge in [-0.05, 0) is 62.4 Å². The molecule has 0 atom stereocenters. The second kappa shape index (κ2) is 8.92. The first-order valence-corrected chi connectivity index (χ1v) is 10.7. The number of aromatic nitrogens is 2. The van der Waals surface area contributed by atoms with Crippen molar-refractivity contribution in [1.82, 2.24) is 9.97 Å². The molecule has 9 nitrogen and oxygen atoms in total. The van der Waals surface area contributed by atoms with E-state index in [4.69, 9.17) is 0 Å². The van der Waals surface area contributed by atoms with Gasteiger partial charge in [0.1, 0.15) is 0 Å². The summed E-state index contributed by atoms with van der Waals surface area (Å²) in [5.41, 5.74) is 2.55. The number of sulfonamides is 1. The third-order valence-electron chi connectivity index (χ3n) is 4.08. The summed E-state index contributed by atoms with van der Waals surface area (Å²) < 4.78 is 27.5. The van der Waals surface area contributed by atoms with Gasteiger partial charge in [-0.15, -0.1) is 0 Å². The molecule has 0 saturated heterocycles. The van der Waals surface area contributed by atoms with Crippen molar-refractivity contribution >= 4 is 39.2 Å². The number of aryl methyl sites for hydroxylation is 2. The van der Waals surface area contributed by atoms with Crippen LogP contribution in [0.3, 0.4) is 0 Å². The van der Waals surface area contributed by atoms with Crippen molar-refractivity contribution in [3.8, 4) is 0 Å². The summed E-state index contributed by atoms with van der Waals surface area (Å²) >= 11 is 0. The zero-order valence-corrected chi connectivity index (χ0v) is 17.9. The molecule has 2 amide bonds. The van der Waals surface area contributed by atoms with Crippen LogP contribution in [0.5, 0.6) is 0 Å². The molecule has 160 valence electrons. The molecule has 0 fully saturated rings. The molecule has 0 aliphatic heterocycles. The fourth-order valence-corrected chi connectivity index (χ4v) is 3.76. The molecule has 0 spiro atoms. The largest absolute Gasteiger partial charge is 0.326 e. The number of carbonyl (C=O) groups is 2.